The molecule has 3 aromatic rings. The van der Waals surface area contributed by atoms with Crippen molar-refractivity contribution < 1.29 is 21.6 Å². The van der Waals surface area contributed by atoms with Crippen LogP contribution in [0.25, 0.3) is 22.6 Å². The minimum Gasteiger partial charge on any atom is -0.324 e. The maximum absolute atomic E-state index is 13.0. The van der Waals surface area contributed by atoms with Gasteiger partial charge in [0.25, 0.3) is 0 Å². The standard InChI is InChI=1S/C19H18F3N5O2S/c1-4-30(28,29)18-16(25-15(27(18)3)8-7-11-5-6-11)17-24-12-9-14(19(20,21)22)23-10-13(12)26(17)2/h9-11H,4-6H2,1-3H3. The van der Waals surface area contributed by atoms with Crippen molar-refractivity contribution >= 4 is 20.9 Å². The van der Waals surface area contributed by atoms with Crippen molar-refractivity contribution in [3.63, 3.8) is 0 Å². The largest absolute Gasteiger partial charge is 0.433 e. The van der Waals surface area contributed by atoms with Crippen LogP contribution in [0.3, 0.4) is 0 Å². The Morgan fingerprint density at radius 3 is 2.50 bits per heavy atom. The molecule has 1 aliphatic rings. The van der Waals surface area contributed by atoms with E-state index < -0.39 is 21.7 Å². The molecule has 0 aromatic carbocycles. The van der Waals surface area contributed by atoms with Gasteiger partial charge in [-0.2, -0.15) is 13.2 Å². The van der Waals surface area contributed by atoms with Crippen LogP contribution < -0.4 is 0 Å². The van der Waals surface area contributed by atoms with Gasteiger partial charge in [0.1, 0.15) is 11.4 Å². The number of sulfone groups is 1. The number of alkyl halides is 3. The highest BCUT2D eigenvalue weighted by molar-refractivity contribution is 7.91. The average Bonchev–Trinajstić information content (AvgIpc) is 3.37. The molecule has 1 fully saturated rings. The summed E-state index contributed by atoms with van der Waals surface area (Å²) in [6.45, 7) is 1.51. The lowest BCUT2D eigenvalue weighted by Gasteiger charge is -2.06. The molecule has 7 nitrogen and oxygen atoms in total. The van der Waals surface area contributed by atoms with Gasteiger partial charge < -0.3 is 9.13 Å². The van der Waals surface area contributed by atoms with Crippen molar-refractivity contribution in [3.8, 4) is 23.4 Å². The second-order valence-corrected chi connectivity index (χ2v) is 9.34. The molecule has 0 N–H and O–H groups in total. The van der Waals surface area contributed by atoms with E-state index in [1.807, 2.05) is 0 Å². The van der Waals surface area contributed by atoms with Crippen LogP contribution in [0.5, 0.6) is 0 Å². The molecule has 0 bridgehead atoms. The lowest BCUT2D eigenvalue weighted by molar-refractivity contribution is -0.141. The van der Waals surface area contributed by atoms with E-state index >= 15 is 0 Å². The minimum atomic E-state index is -4.61. The first-order valence-corrected chi connectivity index (χ1v) is 10.9. The maximum Gasteiger partial charge on any atom is 0.433 e. The SMILES string of the molecule is CCS(=O)(=O)c1c(-c2nc3cc(C(F)(F)F)ncc3n2C)nc(C#CC2CC2)n1C. The van der Waals surface area contributed by atoms with Gasteiger partial charge in [-0.05, 0) is 24.8 Å². The number of halogens is 3. The number of hydrogen-bond donors (Lipinski definition) is 0. The third-order valence-corrected chi connectivity index (χ3v) is 6.77. The van der Waals surface area contributed by atoms with Gasteiger partial charge in [-0.1, -0.05) is 12.8 Å². The van der Waals surface area contributed by atoms with E-state index in [-0.39, 0.29) is 33.6 Å². The van der Waals surface area contributed by atoms with Crippen LogP contribution in [-0.2, 0) is 30.1 Å². The van der Waals surface area contributed by atoms with Crippen molar-refractivity contribution in [3.05, 3.63) is 23.8 Å². The fraction of sp³-hybridized carbons (Fsp3) is 0.421. The topological polar surface area (TPSA) is 82.7 Å². The Kier molecular flexibility index (Phi) is 4.65. The van der Waals surface area contributed by atoms with Gasteiger partial charge >= 0.3 is 6.18 Å². The number of aryl methyl sites for hydroxylation is 1. The Labute approximate surface area is 170 Å². The lowest BCUT2D eigenvalue weighted by Crippen LogP contribution is -2.11. The zero-order valence-corrected chi connectivity index (χ0v) is 17.3. The Hall–Kier alpha value is -2.87. The number of rotatable bonds is 3. The number of imidazole rings is 2. The number of nitrogens with zero attached hydrogens (tertiary/aromatic N) is 5. The molecule has 30 heavy (non-hydrogen) atoms. The Morgan fingerprint density at radius 2 is 1.90 bits per heavy atom. The van der Waals surface area contributed by atoms with Crippen molar-refractivity contribution in [2.24, 2.45) is 20.0 Å². The summed E-state index contributed by atoms with van der Waals surface area (Å²) in [7, 11) is -0.579. The molecule has 1 saturated carbocycles. The maximum atomic E-state index is 13.0. The fourth-order valence-electron chi connectivity index (χ4n) is 3.08. The van der Waals surface area contributed by atoms with Gasteiger partial charge in [-0.15, -0.1) is 0 Å². The summed E-state index contributed by atoms with van der Waals surface area (Å²) < 4.78 is 67.5. The van der Waals surface area contributed by atoms with Crippen LogP contribution in [-0.4, -0.2) is 38.3 Å². The van der Waals surface area contributed by atoms with Gasteiger partial charge in [-0.25, -0.2) is 23.4 Å². The summed E-state index contributed by atoms with van der Waals surface area (Å²) in [6, 6.07) is 0.837. The smallest absolute Gasteiger partial charge is 0.324 e. The van der Waals surface area contributed by atoms with Crippen molar-refractivity contribution in [2.75, 3.05) is 5.75 Å². The van der Waals surface area contributed by atoms with Crippen molar-refractivity contribution in [2.45, 2.75) is 31.0 Å². The van der Waals surface area contributed by atoms with Gasteiger partial charge in [0, 0.05) is 20.0 Å². The lowest BCUT2D eigenvalue weighted by atomic mass is 10.3. The zero-order valence-electron chi connectivity index (χ0n) is 16.4. The van der Waals surface area contributed by atoms with E-state index in [0.29, 0.717) is 11.4 Å². The van der Waals surface area contributed by atoms with Crippen LogP contribution in [0, 0.1) is 17.8 Å². The predicted molar refractivity (Wildman–Crippen MR) is 103 cm³/mol. The molecule has 0 radical (unpaired) electrons. The van der Waals surface area contributed by atoms with E-state index in [1.165, 1.54) is 16.1 Å². The molecule has 3 heterocycles. The second-order valence-electron chi connectivity index (χ2n) is 7.15. The van der Waals surface area contributed by atoms with Gasteiger partial charge in [0.2, 0.25) is 0 Å². The monoisotopic (exact) mass is 437 g/mol. The van der Waals surface area contributed by atoms with Gasteiger partial charge in [-0.3, -0.25) is 0 Å². The van der Waals surface area contributed by atoms with E-state index in [1.54, 1.807) is 14.1 Å². The Bertz CT molecular complexity index is 1320. The van der Waals surface area contributed by atoms with E-state index in [9.17, 15) is 21.6 Å². The Balaban J connectivity index is 1.95. The van der Waals surface area contributed by atoms with Crippen molar-refractivity contribution in [1.82, 2.24) is 24.1 Å². The molecule has 0 amide bonds. The molecule has 4 rings (SSSR count). The predicted octanol–water partition coefficient (Wildman–Crippen LogP) is 2.94. The number of pyridine rings is 1. The highest BCUT2D eigenvalue weighted by atomic mass is 32.2. The molecule has 0 spiro atoms. The van der Waals surface area contributed by atoms with Crippen LogP contribution in [0.4, 0.5) is 13.2 Å². The highest BCUT2D eigenvalue weighted by Gasteiger charge is 2.34. The molecule has 158 valence electrons. The number of aromatic nitrogens is 5. The molecule has 1 aliphatic carbocycles. The highest BCUT2D eigenvalue weighted by Crippen LogP contribution is 2.33. The normalized spacial score (nSPS) is 14.7. The second kappa shape index (κ2) is 6.84. The van der Waals surface area contributed by atoms with Crippen LogP contribution in [0.1, 0.15) is 31.3 Å². The zero-order chi connectivity index (χ0) is 21.8. The third-order valence-electron chi connectivity index (χ3n) is 4.95. The first-order chi connectivity index (χ1) is 14.0. The quantitative estimate of drug-likeness (QED) is 0.589. The Morgan fingerprint density at radius 1 is 1.20 bits per heavy atom. The van der Waals surface area contributed by atoms with Crippen LogP contribution in [0.15, 0.2) is 17.3 Å². The summed E-state index contributed by atoms with van der Waals surface area (Å²) >= 11 is 0. The number of hydrogen-bond acceptors (Lipinski definition) is 5. The summed E-state index contributed by atoms with van der Waals surface area (Å²) in [5.41, 5.74) is -0.634. The molecule has 0 atom stereocenters. The van der Waals surface area contributed by atoms with Gasteiger partial charge in [0.15, 0.2) is 26.5 Å². The minimum absolute atomic E-state index is 0.0472. The first-order valence-electron chi connectivity index (χ1n) is 9.24. The summed E-state index contributed by atoms with van der Waals surface area (Å²) in [5, 5.41) is -0.0625. The number of fused-ring (bicyclic) bond motifs is 1. The summed E-state index contributed by atoms with van der Waals surface area (Å²) in [6.07, 6.45) is -1.54. The fourth-order valence-corrected chi connectivity index (χ4v) is 4.29. The summed E-state index contributed by atoms with van der Waals surface area (Å²) in [5.74, 6) is 6.50. The summed E-state index contributed by atoms with van der Waals surface area (Å²) in [4.78, 5) is 12.1. The average molecular weight is 437 g/mol. The molecule has 3 aromatic heterocycles. The molecular formula is C19H18F3N5O2S. The third kappa shape index (κ3) is 3.45. The first kappa shape index (κ1) is 20.4. The van der Waals surface area contributed by atoms with Crippen LogP contribution in [0.2, 0.25) is 0 Å². The molecule has 11 heteroatoms. The molecule has 0 aliphatic heterocycles. The van der Waals surface area contributed by atoms with E-state index in [2.05, 4.69) is 26.8 Å². The molecular weight excluding hydrogens is 419 g/mol. The van der Waals surface area contributed by atoms with E-state index in [4.69, 9.17) is 0 Å². The van der Waals surface area contributed by atoms with Crippen molar-refractivity contribution in [1.29, 1.82) is 0 Å². The van der Waals surface area contributed by atoms with Crippen LogP contribution >= 0.6 is 0 Å². The van der Waals surface area contributed by atoms with E-state index in [0.717, 1.165) is 25.1 Å². The molecule has 0 saturated heterocycles. The molecule has 0 unspecified atom stereocenters. The van der Waals surface area contributed by atoms with Gasteiger partial charge in [0.05, 0.1) is 23.0 Å².